The molecule has 0 saturated heterocycles. The fraction of sp³-hybridized carbons (Fsp3) is 0.444. The van der Waals surface area contributed by atoms with Crippen molar-refractivity contribution in [3.63, 3.8) is 0 Å². The van der Waals surface area contributed by atoms with E-state index in [0.29, 0.717) is 5.82 Å². The number of hydrogen-bond donors (Lipinski definition) is 2. The molecule has 5 nitrogen and oxygen atoms in total. The molecule has 0 fully saturated rings. The Morgan fingerprint density at radius 1 is 1.39 bits per heavy atom. The van der Waals surface area contributed by atoms with E-state index in [1.165, 1.54) is 6.07 Å². The molecule has 0 atom stereocenters. The van der Waals surface area contributed by atoms with Crippen molar-refractivity contribution in [2.75, 3.05) is 24.7 Å². The van der Waals surface area contributed by atoms with Gasteiger partial charge in [0.25, 0.3) is 5.91 Å². The van der Waals surface area contributed by atoms with E-state index in [-0.39, 0.29) is 29.8 Å². The Morgan fingerprint density at radius 3 is 2.61 bits per heavy atom. The summed E-state index contributed by atoms with van der Waals surface area (Å²) < 4.78 is 35.4. The van der Waals surface area contributed by atoms with Crippen LogP contribution in [0.15, 0.2) is 12.1 Å². The van der Waals surface area contributed by atoms with Crippen molar-refractivity contribution in [2.24, 2.45) is 0 Å². The molecule has 0 aliphatic heterocycles. The lowest BCUT2D eigenvalue weighted by Gasteiger charge is -2.06. The number of aromatic nitrogens is 2. The van der Waals surface area contributed by atoms with Crippen molar-refractivity contribution in [3.8, 4) is 0 Å². The number of anilines is 1. The molecule has 0 radical (unpaired) electrons. The van der Waals surface area contributed by atoms with Gasteiger partial charge in [-0.25, -0.2) is 0 Å². The Kier molecular flexibility index (Phi) is 5.20. The van der Waals surface area contributed by atoms with Gasteiger partial charge in [-0.2, -0.15) is 13.2 Å². The van der Waals surface area contributed by atoms with Crippen molar-refractivity contribution in [2.45, 2.75) is 5.51 Å². The van der Waals surface area contributed by atoms with Gasteiger partial charge in [-0.15, -0.1) is 10.2 Å². The predicted molar refractivity (Wildman–Crippen MR) is 62.4 cm³/mol. The molecule has 0 saturated carbocycles. The first-order valence-electron chi connectivity index (χ1n) is 4.93. The molecule has 0 spiro atoms. The Hall–Kier alpha value is -1.51. The minimum Gasteiger partial charge on any atom is -0.372 e. The number of thioether (sulfide) groups is 1. The van der Waals surface area contributed by atoms with Gasteiger partial charge in [-0.1, -0.05) is 0 Å². The van der Waals surface area contributed by atoms with E-state index in [2.05, 4.69) is 20.8 Å². The highest BCUT2D eigenvalue weighted by molar-refractivity contribution is 8.00. The number of amides is 1. The first kappa shape index (κ1) is 14.6. The van der Waals surface area contributed by atoms with Crippen LogP contribution < -0.4 is 10.6 Å². The molecule has 100 valence electrons. The third-order valence-corrected chi connectivity index (χ3v) is 2.54. The SMILES string of the molecule is CNc1ccc(C(=O)NCCSC(F)(F)F)nn1. The van der Waals surface area contributed by atoms with Gasteiger partial charge < -0.3 is 10.6 Å². The summed E-state index contributed by atoms with van der Waals surface area (Å²) in [6.07, 6.45) is 0. The van der Waals surface area contributed by atoms with E-state index >= 15 is 0 Å². The van der Waals surface area contributed by atoms with E-state index in [1.807, 2.05) is 0 Å². The molecule has 1 aromatic heterocycles. The lowest BCUT2D eigenvalue weighted by molar-refractivity contribution is -0.0327. The topological polar surface area (TPSA) is 66.9 Å². The van der Waals surface area contributed by atoms with Gasteiger partial charge in [0.2, 0.25) is 0 Å². The zero-order valence-electron chi connectivity index (χ0n) is 9.41. The number of hydrogen-bond acceptors (Lipinski definition) is 5. The van der Waals surface area contributed by atoms with E-state index in [9.17, 15) is 18.0 Å². The summed E-state index contributed by atoms with van der Waals surface area (Å²) in [5.41, 5.74) is -4.22. The van der Waals surface area contributed by atoms with Gasteiger partial charge in [0.1, 0.15) is 5.82 Å². The summed E-state index contributed by atoms with van der Waals surface area (Å²) in [5, 5.41) is 12.4. The zero-order chi connectivity index (χ0) is 13.6. The maximum absolute atomic E-state index is 11.8. The number of halogens is 3. The molecule has 1 amide bonds. The van der Waals surface area contributed by atoms with Gasteiger partial charge in [-0.05, 0) is 23.9 Å². The van der Waals surface area contributed by atoms with Crippen LogP contribution in [0, 0.1) is 0 Å². The maximum atomic E-state index is 11.8. The molecule has 1 aromatic rings. The highest BCUT2D eigenvalue weighted by Crippen LogP contribution is 2.29. The van der Waals surface area contributed by atoms with Gasteiger partial charge in [0.05, 0.1) is 0 Å². The first-order chi connectivity index (χ1) is 8.42. The third kappa shape index (κ3) is 5.21. The molecule has 2 N–H and O–H groups in total. The summed E-state index contributed by atoms with van der Waals surface area (Å²) in [7, 11) is 1.65. The molecule has 0 aromatic carbocycles. The molecule has 0 bridgehead atoms. The molecule has 0 aliphatic carbocycles. The Labute approximate surface area is 106 Å². The van der Waals surface area contributed by atoms with E-state index < -0.39 is 11.4 Å². The van der Waals surface area contributed by atoms with Crippen molar-refractivity contribution in [1.82, 2.24) is 15.5 Å². The van der Waals surface area contributed by atoms with Crippen molar-refractivity contribution >= 4 is 23.5 Å². The Balaban J connectivity index is 2.36. The molecule has 0 aliphatic rings. The third-order valence-electron chi connectivity index (χ3n) is 1.81. The first-order valence-corrected chi connectivity index (χ1v) is 5.91. The molecule has 1 rings (SSSR count). The summed E-state index contributed by atoms with van der Waals surface area (Å²) >= 11 is -0.184. The highest BCUT2D eigenvalue weighted by atomic mass is 32.2. The summed E-state index contributed by atoms with van der Waals surface area (Å²) in [6, 6.07) is 2.98. The molecule has 0 unspecified atom stereocenters. The Bertz CT molecular complexity index is 396. The van der Waals surface area contributed by atoms with Crippen molar-refractivity contribution in [1.29, 1.82) is 0 Å². The van der Waals surface area contributed by atoms with Crippen LogP contribution in [0.4, 0.5) is 19.0 Å². The van der Waals surface area contributed by atoms with Crippen molar-refractivity contribution < 1.29 is 18.0 Å². The van der Waals surface area contributed by atoms with Crippen LogP contribution in [-0.2, 0) is 0 Å². The minimum absolute atomic E-state index is 0.0611. The fourth-order valence-electron chi connectivity index (χ4n) is 1.01. The number of carbonyl (C=O) groups is 1. The maximum Gasteiger partial charge on any atom is 0.441 e. The zero-order valence-corrected chi connectivity index (χ0v) is 10.2. The molecular formula is C9H11F3N4OS. The van der Waals surface area contributed by atoms with E-state index in [4.69, 9.17) is 0 Å². The second-order valence-electron chi connectivity index (χ2n) is 3.10. The second kappa shape index (κ2) is 6.43. The van der Waals surface area contributed by atoms with Crippen molar-refractivity contribution in [3.05, 3.63) is 17.8 Å². The van der Waals surface area contributed by atoms with Crippen LogP contribution >= 0.6 is 11.8 Å². The number of nitrogens with zero attached hydrogens (tertiary/aromatic N) is 2. The number of alkyl halides is 3. The number of carbonyl (C=O) groups excluding carboxylic acids is 1. The smallest absolute Gasteiger partial charge is 0.372 e. The monoisotopic (exact) mass is 280 g/mol. The Morgan fingerprint density at radius 2 is 2.11 bits per heavy atom. The lowest BCUT2D eigenvalue weighted by atomic mass is 10.3. The van der Waals surface area contributed by atoms with Crippen LogP contribution in [-0.4, -0.2) is 41.0 Å². The molecule has 18 heavy (non-hydrogen) atoms. The number of rotatable bonds is 5. The average Bonchev–Trinajstić information content (AvgIpc) is 2.33. The summed E-state index contributed by atoms with van der Waals surface area (Å²) in [4.78, 5) is 11.4. The predicted octanol–water partition coefficient (Wildman–Crippen LogP) is 1.50. The quantitative estimate of drug-likeness (QED) is 0.800. The van der Waals surface area contributed by atoms with Crippen LogP contribution in [0.5, 0.6) is 0 Å². The van der Waals surface area contributed by atoms with E-state index in [0.717, 1.165) is 0 Å². The van der Waals surface area contributed by atoms with Gasteiger partial charge >= 0.3 is 5.51 Å². The van der Waals surface area contributed by atoms with Gasteiger partial charge in [0, 0.05) is 19.3 Å². The highest BCUT2D eigenvalue weighted by Gasteiger charge is 2.27. The van der Waals surface area contributed by atoms with Crippen LogP contribution in [0.1, 0.15) is 10.5 Å². The van der Waals surface area contributed by atoms with E-state index in [1.54, 1.807) is 13.1 Å². The summed E-state index contributed by atoms with van der Waals surface area (Å²) in [5.74, 6) is -0.288. The average molecular weight is 280 g/mol. The number of nitrogens with one attached hydrogen (secondary N) is 2. The molecular weight excluding hydrogens is 269 g/mol. The van der Waals surface area contributed by atoms with Gasteiger partial charge in [-0.3, -0.25) is 4.79 Å². The van der Waals surface area contributed by atoms with Crippen LogP contribution in [0.2, 0.25) is 0 Å². The largest absolute Gasteiger partial charge is 0.441 e. The minimum atomic E-state index is -4.28. The standard InChI is InChI=1S/C9H11F3N4OS/c1-13-7-3-2-6(15-16-7)8(17)14-4-5-18-9(10,11)12/h2-3H,4-5H2,1H3,(H,13,16)(H,14,17). The van der Waals surface area contributed by atoms with Crippen LogP contribution in [0.3, 0.4) is 0 Å². The summed E-state index contributed by atoms with van der Waals surface area (Å²) in [6.45, 7) is -0.0849. The normalized spacial score (nSPS) is 11.1. The van der Waals surface area contributed by atoms with Crippen LogP contribution in [0.25, 0.3) is 0 Å². The lowest BCUT2D eigenvalue weighted by Crippen LogP contribution is -2.27. The molecule has 9 heteroatoms. The fourth-order valence-corrected chi connectivity index (χ4v) is 1.44. The van der Waals surface area contributed by atoms with Gasteiger partial charge in [0.15, 0.2) is 5.69 Å². The molecule has 1 heterocycles. The second-order valence-corrected chi connectivity index (χ2v) is 4.26.